The van der Waals surface area contributed by atoms with Crippen LogP contribution in [-0.4, -0.2) is 30.8 Å². The highest BCUT2D eigenvalue weighted by Crippen LogP contribution is 2.39. The number of rotatable bonds is 8. The lowest BCUT2D eigenvalue weighted by atomic mass is 10.1. The Kier molecular flexibility index (Phi) is 8.90. The first-order valence-electron chi connectivity index (χ1n) is 9.03. The predicted octanol–water partition coefficient (Wildman–Crippen LogP) is 4.75. The van der Waals surface area contributed by atoms with Crippen molar-refractivity contribution in [3.63, 3.8) is 0 Å². The molecular formula is C20H22FIN2O4S. The van der Waals surface area contributed by atoms with Crippen LogP contribution in [0.25, 0.3) is 0 Å². The normalized spacial score (nSPS) is 10.2. The second kappa shape index (κ2) is 11.1. The van der Waals surface area contributed by atoms with E-state index in [9.17, 15) is 9.18 Å². The number of ether oxygens (including phenoxy) is 3. The number of thiocarbonyl (C=S) groups is 1. The summed E-state index contributed by atoms with van der Waals surface area (Å²) in [7, 11) is 0. The van der Waals surface area contributed by atoms with Crippen LogP contribution in [0.4, 0.5) is 10.1 Å². The lowest BCUT2D eigenvalue weighted by Gasteiger charge is -2.17. The molecule has 29 heavy (non-hydrogen) atoms. The zero-order chi connectivity index (χ0) is 21.4. The predicted molar refractivity (Wildman–Crippen MR) is 123 cm³/mol. The molecule has 0 bridgehead atoms. The minimum atomic E-state index is -0.488. The molecule has 0 heterocycles. The molecule has 0 atom stereocenters. The smallest absolute Gasteiger partial charge is 0.257 e. The molecule has 0 unspecified atom stereocenters. The fraction of sp³-hybridized carbons (Fsp3) is 0.300. The van der Waals surface area contributed by atoms with Crippen LogP contribution in [0.5, 0.6) is 17.2 Å². The Morgan fingerprint density at radius 2 is 1.62 bits per heavy atom. The Morgan fingerprint density at radius 1 is 1.03 bits per heavy atom. The van der Waals surface area contributed by atoms with E-state index in [1.165, 1.54) is 6.07 Å². The summed E-state index contributed by atoms with van der Waals surface area (Å²) in [4.78, 5) is 12.7. The molecule has 6 nitrogen and oxygen atoms in total. The molecule has 0 fully saturated rings. The van der Waals surface area contributed by atoms with Gasteiger partial charge in [0.1, 0.15) is 5.82 Å². The molecule has 0 radical (unpaired) electrons. The zero-order valence-corrected chi connectivity index (χ0v) is 19.3. The quantitative estimate of drug-likeness (QED) is 0.378. The minimum Gasteiger partial charge on any atom is -0.490 e. The van der Waals surface area contributed by atoms with Crippen molar-refractivity contribution in [2.24, 2.45) is 0 Å². The van der Waals surface area contributed by atoms with Crippen molar-refractivity contribution in [1.29, 1.82) is 0 Å². The maximum absolute atomic E-state index is 14.0. The number of hydrogen-bond donors (Lipinski definition) is 2. The number of anilines is 1. The monoisotopic (exact) mass is 532 g/mol. The fourth-order valence-electron chi connectivity index (χ4n) is 2.44. The molecule has 0 aliphatic heterocycles. The summed E-state index contributed by atoms with van der Waals surface area (Å²) in [5, 5.41) is 5.19. The van der Waals surface area contributed by atoms with Crippen LogP contribution in [0.3, 0.4) is 0 Å². The van der Waals surface area contributed by atoms with E-state index >= 15 is 0 Å². The molecule has 0 spiro atoms. The zero-order valence-electron chi connectivity index (χ0n) is 16.3. The molecule has 1 amide bonds. The number of halogens is 2. The van der Waals surface area contributed by atoms with Crippen molar-refractivity contribution in [3.05, 3.63) is 45.3 Å². The van der Waals surface area contributed by atoms with Gasteiger partial charge in [0.05, 0.1) is 25.5 Å². The molecule has 0 saturated heterocycles. The maximum atomic E-state index is 14.0. The van der Waals surface area contributed by atoms with E-state index in [-0.39, 0.29) is 16.4 Å². The minimum absolute atomic E-state index is 0.0279. The average molecular weight is 532 g/mol. The molecule has 0 aliphatic carbocycles. The Morgan fingerprint density at radius 3 is 2.14 bits per heavy atom. The van der Waals surface area contributed by atoms with Crippen molar-refractivity contribution in [1.82, 2.24) is 5.32 Å². The second-order valence-electron chi connectivity index (χ2n) is 5.63. The molecule has 0 aliphatic rings. The van der Waals surface area contributed by atoms with Crippen LogP contribution in [0, 0.1) is 9.39 Å². The molecule has 9 heteroatoms. The third kappa shape index (κ3) is 6.43. The molecule has 2 aromatic carbocycles. The van der Waals surface area contributed by atoms with Gasteiger partial charge in [-0.15, -0.1) is 0 Å². The fourth-order valence-corrected chi connectivity index (χ4v) is 3.10. The van der Waals surface area contributed by atoms with Gasteiger partial charge >= 0.3 is 0 Å². The number of benzene rings is 2. The summed E-state index contributed by atoms with van der Waals surface area (Å²) in [5.74, 6) is 0.278. The maximum Gasteiger partial charge on any atom is 0.257 e. The van der Waals surface area contributed by atoms with E-state index in [1.807, 2.05) is 43.4 Å². The van der Waals surface area contributed by atoms with Crippen molar-refractivity contribution < 1.29 is 23.4 Å². The van der Waals surface area contributed by atoms with E-state index in [0.29, 0.717) is 37.1 Å². The highest BCUT2D eigenvalue weighted by Gasteiger charge is 2.19. The topological polar surface area (TPSA) is 68.8 Å². The molecule has 156 valence electrons. The van der Waals surface area contributed by atoms with Crippen LogP contribution in [0.2, 0.25) is 0 Å². The number of carbonyl (C=O) groups is 1. The molecule has 2 aromatic rings. The van der Waals surface area contributed by atoms with Gasteiger partial charge in [-0.3, -0.25) is 10.1 Å². The van der Waals surface area contributed by atoms with Crippen LogP contribution in [0.1, 0.15) is 31.1 Å². The Bertz CT molecular complexity index is 868. The highest BCUT2D eigenvalue weighted by atomic mass is 127. The summed E-state index contributed by atoms with van der Waals surface area (Å²) in [5.41, 5.74) is 0.444. The SMILES string of the molecule is CCOc1cc(C(=O)NC(=S)Nc2ccc(I)cc2F)cc(OCC)c1OCC. The molecular weight excluding hydrogens is 510 g/mol. The largest absolute Gasteiger partial charge is 0.490 e. The van der Waals surface area contributed by atoms with Crippen molar-refractivity contribution in [2.75, 3.05) is 25.1 Å². The number of hydrogen-bond acceptors (Lipinski definition) is 5. The second-order valence-corrected chi connectivity index (χ2v) is 7.29. The first-order valence-corrected chi connectivity index (χ1v) is 10.5. The first kappa shape index (κ1) is 23.1. The van der Waals surface area contributed by atoms with E-state index < -0.39 is 11.7 Å². The average Bonchev–Trinajstić information content (AvgIpc) is 2.66. The molecule has 0 aromatic heterocycles. The van der Waals surface area contributed by atoms with Gasteiger partial charge in [0.15, 0.2) is 16.6 Å². The van der Waals surface area contributed by atoms with Crippen molar-refractivity contribution >= 4 is 51.5 Å². The van der Waals surface area contributed by atoms with Gasteiger partial charge in [0.2, 0.25) is 5.75 Å². The van der Waals surface area contributed by atoms with Crippen LogP contribution < -0.4 is 24.8 Å². The van der Waals surface area contributed by atoms with Crippen LogP contribution in [-0.2, 0) is 0 Å². The lowest BCUT2D eigenvalue weighted by molar-refractivity contribution is 0.0976. The summed E-state index contributed by atoms with van der Waals surface area (Å²) < 4.78 is 31.6. The first-order chi connectivity index (χ1) is 13.9. The van der Waals surface area contributed by atoms with Gasteiger partial charge in [-0.25, -0.2) is 4.39 Å². The van der Waals surface area contributed by atoms with E-state index in [4.69, 9.17) is 26.4 Å². The standard InChI is InChI=1S/C20H22FIN2O4S/c1-4-26-16-9-12(10-17(27-5-2)18(16)28-6-3)19(25)24-20(29)23-15-8-7-13(22)11-14(15)21/h7-11H,4-6H2,1-3H3,(H2,23,24,25,29). The summed E-state index contributed by atoms with van der Waals surface area (Å²) in [6.45, 7) is 6.71. The lowest BCUT2D eigenvalue weighted by Crippen LogP contribution is -2.34. The molecule has 2 N–H and O–H groups in total. The van der Waals surface area contributed by atoms with E-state index in [2.05, 4.69) is 10.6 Å². The van der Waals surface area contributed by atoms with Gasteiger partial charge in [-0.2, -0.15) is 0 Å². The Balaban J connectivity index is 2.23. The van der Waals surface area contributed by atoms with Gasteiger partial charge in [-0.05, 0) is 85.9 Å². The Hall–Kier alpha value is -2.14. The van der Waals surface area contributed by atoms with Gasteiger partial charge in [0, 0.05) is 9.13 Å². The van der Waals surface area contributed by atoms with Gasteiger partial charge in [0.25, 0.3) is 5.91 Å². The number of carbonyl (C=O) groups excluding carboxylic acids is 1. The van der Waals surface area contributed by atoms with Gasteiger partial charge < -0.3 is 19.5 Å². The van der Waals surface area contributed by atoms with Crippen molar-refractivity contribution in [2.45, 2.75) is 20.8 Å². The van der Waals surface area contributed by atoms with E-state index in [1.54, 1.807) is 24.3 Å². The number of nitrogens with one attached hydrogen (secondary N) is 2. The summed E-state index contributed by atoms with van der Waals surface area (Å²) in [6, 6.07) is 7.75. The third-order valence-corrected chi connectivity index (χ3v) is 4.45. The van der Waals surface area contributed by atoms with Gasteiger partial charge in [-0.1, -0.05) is 0 Å². The third-order valence-electron chi connectivity index (χ3n) is 3.58. The van der Waals surface area contributed by atoms with Crippen molar-refractivity contribution in [3.8, 4) is 17.2 Å². The highest BCUT2D eigenvalue weighted by molar-refractivity contribution is 14.1. The Labute approximate surface area is 188 Å². The molecule has 0 saturated carbocycles. The van der Waals surface area contributed by atoms with E-state index in [0.717, 1.165) is 3.57 Å². The summed E-state index contributed by atoms with van der Waals surface area (Å²) in [6.07, 6.45) is 0. The molecule has 2 rings (SSSR count). The van der Waals surface area contributed by atoms with Crippen LogP contribution in [0.15, 0.2) is 30.3 Å². The van der Waals surface area contributed by atoms with Crippen LogP contribution >= 0.6 is 34.8 Å². The summed E-state index contributed by atoms with van der Waals surface area (Å²) >= 11 is 7.15. The number of amides is 1.